The highest BCUT2D eigenvalue weighted by Gasteiger charge is 2.23. The molecule has 0 bridgehead atoms. The van der Waals surface area contributed by atoms with Crippen LogP contribution in [0.5, 0.6) is 0 Å². The Balaban J connectivity index is 3.11. The Kier molecular flexibility index (Phi) is 4.38. The first-order chi connectivity index (χ1) is 8.36. The fourth-order valence-electron chi connectivity index (χ4n) is 1.42. The van der Waals surface area contributed by atoms with Gasteiger partial charge in [0.25, 0.3) is 0 Å². The monoisotopic (exact) mass is 255 g/mol. The van der Waals surface area contributed by atoms with Crippen LogP contribution in [0.4, 0.5) is 17.5 Å². The average Bonchev–Trinajstić information content (AvgIpc) is 2.26. The summed E-state index contributed by atoms with van der Waals surface area (Å²) in [6.45, 7) is 5.10. The molecule has 0 aliphatic rings. The zero-order valence-electron chi connectivity index (χ0n) is 10.5. The molecule has 0 amide bonds. The van der Waals surface area contributed by atoms with Gasteiger partial charge in [-0.25, -0.2) is 4.98 Å². The Morgan fingerprint density at radius 3 is 2.61 bits per heavy atom. The molecule has 1 rings (SSSR count). The number of nitrogen functional groups attached to an aromatic ring is 1. The van der Waals surface area contributed by atoms with Gasteiger partial charge in [-0.3, -0.25) is 10.1 Å². The number of rotatable bonds is 5. The lowest BCUT2D eigenvalue weighted by Crippen LogP contribution is -2.27. The largest absolute Gasteiger partial charge is 0.396 e. The van der Waals surface area contributed by atoms with Gasteiger partial charge in [0.15, 0.2) is 0 Å². The normalized spacial score (nSPS) is 14.0. The Hall–Kier alpha value is -1.96. The van der Waals surface area contributed by atoms with Crippen LogP contribution < -0.4 is 11.1 Å². The molecule has 0 fully saturated rings. The Morgan fingerprint density at radius 2 is 2.11 bits per heavy atom. The first-order valence-electron chi connectivity index (χ1n) is 5.52. The number of aryl methyl sites for hydroxylation is 1. The lowest BCUT2D eigenvalue weighted by Gasteiger charge is -2.19. The molecule has 2 atom stereocenters. The van der Waals surface area contributed by atoms with Crippen LogP contribution in [0.25, 0.3) is 0 Å². The predicted octanol–water partition coefficient (Wildman–Crippen LogP) is 0.704. The summed E-state index contributed by atoms with van der Waals surface area (Å²) in [4.78, 5) is 18.0. The van der Waals surface area contributed by atoms with Gasteiger partial charge >= 0.3 is 5.69 Å². The highest BCUT2D eigenvalue weighted by Crippen LogP contribution is 2.27. The maximum Gasteiger partial charge on any atom is 0.332 e. The molecule has 1 heterocycles. The van der Waals surface area contributed by atoms with Crippen LogP contribution in [0, 0.1) is 23.0 Å². The molecule has 0 aliphatic carbocycles. The fraction of sp³-hybridized carbons (Fsp3) is 0.600. The second kappa shape index (κ2) is 5.58. The molecule has 0 saturated carbocycles. The second-order valence-corrected chi connectivity index (χ2v) is 4.21. The zero-order valence-corrected chi connectivity index (χ0v) is 10.5. The third-order valence-electron chi connectivity index (χ3n) is 2.76. The van der Waals surface area contributed by atoms with Crippen molar-refractivity contribution in [1.82, 2.24) is 9.97 Å². The molecule has 2 unspecified atom stereocenters. The van der Waals surface area contributed by atoms with E-state index in [1.165, 1.54) is 6.92 Å². The van der Waals surface area contributed by atoms with Gasteiger partial charge in [0.2, 0.25) is 11.8 Å². The molecule has 100 valence electrons. The zero-order chi connectivity index (χ0) is 13.9. The molecule has 0 aromatic carbocycles. The number of hydrogen-bond donors (Lipinski definition) is 3. The number of nitrogens with zero attached hydrogens (tertiary/aromatic N) is 3. The second-order valence-electron chi connectivity index (χ2n) is 4.21. The van der Waals surface area contributed by atoms with Crippen molar-refractivity contribution in [2.45, 2.75) is 26.8 Å². The van der Waals surface area contributed by atoms with Crippen molar-refractivity contribution in [3.63, 3.8) is 0 Å². The van der Waals surface area contributed by atoms with Crippen LogP contribution >= 0.6 is 0 Å². The van der Waals surface area contributed by atoms with Crippen molar-refractivity contribution >= 4 is 17.5 Å². The number of nitrogens with two attached hydrogens (primary N) is 1. The number of aromatic nitrogens is 2. The molecule has 1 aromatic rings. The van der Waals surface area contributed by atoms with Gasteiger partial charge in [0.1, 0.15) is 5.69 Å². The van der Waals surface area contributed by atoms with Gasteiger partial charge in [-0.1, -0.05) is 6.92 Å². The first kappa shape index (κ1) is 14.1. The van der Waals surface area contributed by atoms with Crippen molar-refractivity contribution in [3.8, 4) is 0 Å². The lowest BCUT2D eigenvalue weighted by molar-refractivity contribution is -0.385. The summed E-state index contributed by atoms with van der Waals surface area (Å²) in [6, 6.07) is -0.178. The highest BCUT2D eigenvalue weighted by atomic mass is 16.6. The molecule has 8 heteroatoms. The van der Waals surface area contributed by atoms with Crippen molar-refractivity contribution in [3.05, 3.63) is 15.8 Å². The number of anilines is 2. The predicted molar refractivity (Wildman–Crippen MR) is 67.2 cm³/mol. The maximum atomic E-state index is 11.0. The van der Waals surface area contributed by atoms with Crippen LogP contribution in [0.1, 0.15) is 19.5 Å². The van der Waals surface area contributed by atoms with Crippen LogP contribution in [0.15, 0.2) is 0 Å². The van der Waals surface area contributed by atoms with E-state index in [0.29, 0.717) is 0 Å². The van der Waals surface area contributed by atoms with E-state index in [1.807, 2.05) is 6.92 Å². The van der Waals surface area contributed by atoms with Gasteiger partial charge in [-0.05, 0) is 19.8 Å². The van der Waals surface area contributed by atoms with Crippen molar-refractivity contribution < 1.29 is 10.0 Å². The number of hydrogen-bond acceptors (Lipinski definition) is 7. The molecular weight excluding hydrogens is 238 g/mol. The molecule has 8 nitrogen and oxygen atoms in total. The fourth-order valence-corrected chi connectivity index (χ4v) is 1.42. The summed E-state index contributed by atoms with van der Waals surface area (Å²) in [7, 11) is 0. The summed E-state index contributed by atoms with van der Waals surface area (Å²) < 4.78 is 0. The van der Waals surface area contributed by atoms with Crippen LogP contribution in [0.2, 0.25) is 0 Å². The molecule has 0 radical (unpaired) electrons. The molecule has 0 aliphatic heterocycles. The van der Waals surface area contributed by atoms with Gasteiger partial charge in [-0.15, -0.1) is 0 Å². The smallest absolute Gasteiger partial charge is 0.332 e. The van der Waals surface area contributed by atoms with E-state index in [0.717, 1.165) is 0 Å². The maximum absolute atomic E-state index is 11.0. The topological polar surface area (TPSA) is 127 Å². The average molecular weight is 255 g/mol. The van der Waals surface area contributed by atoms with Gasteiger partial charge in [0, 0.05) is 12.6 Å². The van der Waals surface area contributed by atoms with E-state index < -0.39 is 4.92 Å². The standard InChI is InChI=1S/C10H17N5O3/c1-5(4-16)6(2)12-9-8(15(17)18)7(3)13-10(11)14-9/h5-6,16H,4H2,1-3H3,(H3,11,12,13,14). The number of aliphatic hydroxyl groups excluding tert-OH is 1. The van der Waals surface area contributed by atoms with Gasteiger partial charge in [-0.2, -0.15) is 4.98 Å². The molecule has 1 aromatic heterocycles. The number of aliphatic hydroxyl groups is 1. The van der Waals surface area contributed by atoms with E-state index in [-0.39, 0.29) is 41.7 Å². The van der Waals surface area contributed by atoms with E-state index in [2.05, 4.69) is 15.3 Å². The first-order valence-corrected chi connectivity index (χ1v) is 5.52. The van der Waals surface area contributed by atoms with E-state index >= 15 is 0 Å². The molecule has 0 spiro atoms. The number of nitro groups is 1. The van der Waals surface area contributed by atoms with Crippen molar-refractivity contribution in [1.29, 1.82) is 0 Å². The van der Waals surface area contributed by atoms with Gasteiger partial charge < -0.3 is 16.2 Å². The van der Waals surface area contributed by atoms with E-state index in [4.69, 9.17) is 10.8 Å². The Morgan fingerprint density at radius 1 is 1.50 bits per heavy atom. The van der Waals surface area contributed by atoms with Gasteiger partial charge in [0.05, 0.1) is 4.92 Å². The summed E-state index contributed by atoms with van der Waals surface area (Å²) in [5.74, 6) is -0.0108. The highest BCUT2D eigenvalue weighted by molar-refractivity contribution is 5.60. The summed E-state index contributed by atoms with van der Waals surface area (Å²) in [5.41, 5.74) is 5.49. The quantitative estimate of drug-likeness (QED) is 0.522. The van der Waals surface area contributed by atoms with Crippen molar-refractivity contribution in [2.75, 3.05) is 17.7 Å². The summed E-state index contributed by atoms with van der Waals surface area (Å²) >= 11 is 0. The Labute approximate surface area is 104 Å². The minimum Gasteiger partial charge on any atom is -0.396 e. The van der Waals surface area contributed by atoms with Crippen LogP contribution in [0.3, 0.4) is 0 Å². The molecule has 0 saturated heterocycles. The lowest BCUT2D eigenvalue weighted by atomic mass is 10.1. The molecular formula is C10H17N5O3. The van der Waals surface area contributed by atoms with E-state index in [1.54, 1.807) is 6.92 Å². The number of nitrogens with one attached hydrogen (secondary N) is 1. The molecule has 4 N–H and O–H groups in total. The molecule has 18 heavy (non-hydrogen) atoms. The summed E-state index contributed by atoms with van der Waals surface area (Å²) in [5, 5.41) is 22.9. The van der Waals surface area contributed by atoms with Crippen molar-refractivity contribution in [2.24, 2.45) is 5.92 Å². The summed E-state index contributed by atoms with van der Waals surface area (Å²) in [6.07, 6.45) is 0. The van der Waals surface area contributed by atoms with E-state index in [9.17, 15) is 10.1 Å². The van der Waals surface area contributed by atoms with Crippen LogP contribution in [-0.4, -0.2) is 32.6 Å². The minimum atomic E-state index is -0.548. The minimum absolute atomic E-state index is 0.0237. The SMILES string of the molecule is Cc1nc(N)nc(NC(C)C(C)CO)c1[N+](=O)[O-]. The third kappa shape index (κ3) is 3.04. The Bertz CT molecular complexity index is 451. The van der Waals surface area contributed by atoms with Crippen LogP contribution in [-0.2, 0) is 0 Å². The third-order valence-corrected chi connectivity index (χ3v) is 2.76.